The van der Waals surface area contributed by atoms with Crippen molar-refractivity contribution in [3.63, 3.8) is 0 Å². The Morgan fingerprint density at radius 1 is 0.337 bits per heavy atom. The van der Waals surface area contributed by atoms with Gasteiger partial charge in [0.2, 0.25) is 0 Å². The van der Waals surface area contributed by atoms with E-state index in [4.69, 9.17) is 37.9 Å². The van der Waals surface area contributed by atoms with Crippen molar-refractivity contribution in [1.29, 1.82) is 0 Å². The van der Waals surface area contributed by atoms with Gasteiger partial charge in [-0.25, -0.2) is 4.79 Å². The largest absolute Gasteiger partial charge is 0.458 e. The third-order valence-electron chi connectivity index (χ3n) is 17.0. The van der Waals surface area contributed by atoms with Gasteiger partial charge in [-0.3, -0.25) is 0 Å². The number of hydrogen-bond donors (Lipinski definition) is 0. The van der Waals surface area contributed by atoms with Crippen LogP contribution >= 0.6 is 0 Å². The lowest BCUT2D eigenvalue weighted by atomic mass is 9.80. The fourth-order valence-corrected chi connectivity index (χ4v) is 11.7. The van der Waals surface area contributed by atoms with Gasteiger partial charge in [0, 0.05) is 13.2 Å². The minimum Gasteiger partial charge on any atom is -0.458 e. The first kappa shape index (κ1) is 79.6. The van der Waals surface area contributed by atoms with Crippen LogP contribution in [-0.2, 0) is 48.3 Å². The number of benzene rings is 3. The molecule has 89 heavy (non-hydrogen) atoms. The third-order valence-corrected chi connectivity index (χ3v) is 17.0. The van der Waals surface area contributed by atoms with Gasteiger partial charge in [0.25, 0.3) is 0 Å². The van der Waals surface area contributed by atoms with Crippen LogP contribution < -0.4 is 0 Å². The van der Waals surface area contributed by atoms with Crippen LogP contribution in [0.15, 0.2) is 115 Å². The molecule has 9 heteroatoms. The van der Waals surface area contributed by atoms with Crippen molar-refractivity contribution in [1.82, 2.24) is 0 Å². The molecular weight excluding hydrogens is 1100 g/mol. The monoisotopic (exact) mass is 1240 g/mol. The Labute approximate surface area is 546 Å². The van der Waals surface area contributed by atoms with Gasteiger partial charge in [0.15, 0.2) is 0 Å². The summed E-state index contributed by atoms with van der Waals surface area (Å²) in [6, 6.07) is 31.2. The van der Waals surface area contributed by atoms with Gasteiger partial charge in [-0.05, 0) is 93.7 Å². The highest BCUT2D eigenvalue weighted by atomic mass is 16.6. The van der Waals surface area contributed by atoms with Gasteiger partial charge in [-0.1, -0.05) is 309 Å². The van der Waals surface area contributed by atoms with Crippen LogP contribution in [0.1, 0.15) is 288 Å². The molecule has 0 aliphatic heterocycles. The molecule has 0 heterocycles. The van der Waals surface area contributed by atoms with Gasteiger partial charge >= 0.3 is 5.97 Å². The maximum absolute atomic E-state index is 13.5. The lowest BCUT2D eigenvalue weighted by molar-refractivity contribution is -0.167. The second kappa shape index (κ2) is 60.6. The molecule has 3 rings (SSSR count). The second-order valence-electron chi connectivity index (χ2n) is 24.9. The Kier molecular flexibility index (Phi) is 54.1. The molecule has 0 bridgehead atoms. The summed E-state index contributed by atoms with van der Waals surface area (Å²) in [5.41, 5.74) is 2.41. The number of carbonyl (C=O) groups is 1. The van der Waals surface area contributed by atoms with Gasteiger partial charge in [-0.2, -0.15) is 0 Å². The number of allylic oxidation sites excluding steroid dienone is 4. The predicted molar refractivity (Wildman–Crippen MR) is 374 cm³/mol. The molecule has 2 unspecified atom stereocenters. The van der Waals surface area contributed by atoms with Crippen LogP contribution in [0.25, 0.3) is 0 Å². The molecule has 0 radical (unpaired) electrons. The number of rotatable bonds is 66. The van der Waals surface area contributed by atoms with Crippen LogP contribution in [-0.4, -0.2) is 97.5 Å². The molecule has 3 aromatic carbocycles. The van der Waals surface area contributed by atoms with Crippen molar-refractivity contribution >= 4 is 5.97 Å². The van der Waals surface area contributed by atoms with Crippen molar-refractivity contribution in [2.24, 2.45) is 0 Å². The van der Waals surface area contributed by atoms with Gasteiger partial charge in [-0.15, -0.1) is 0 Å². The third kappa shape index (κ3) is 43.0. The Bertz CT molecular complexity index is 1900. The first-order chi connectivity index (χ1) is 44.2. The van der Waals surface area contributed by atoms with E-state index in [0.717, 1.165) is 55.2 Å². The first-order valence-electron chi connectivity index (χ1n) is 37.0. The maximum Gasteiger partial charge on any atom is 0.332 e. The molecule has 9 nitrogen and oxygen atoms in total. The van der Waals surface area contributed by atoms with Crippen molar-refractivity contribution in [2.45, 2.75) is 289 Å². The molecule has 0 amide bonds. The van der Waals surface area contributed by atoms with Crippen molar-refractivity contribution in [2.75, 3.05) is 79.3 Å². The average Bonchev–Trinajstić information content (AvgIpc) is 1.03. The van der Waals surface area contributed by atoms with Crippen molar-refractivity contribution in [3.8, 4) is 0 Å². The first-order valence-corrected chi connectivity index (χ1v) is 37.0. The smallest absolute Gasteiger partial charge is 0.332 e. The van der Waals surface area contributed by atoms with Crippen LogP contribution in [0, 0.1) is 0 Å². The molecular formula is C80H132O9. The van der Waals surface area contributed by atoms with E-state index in [1.165, 1.54) is 212 Å². The number of carbonyl (C=O) groups excluding carboxylic acids is 1. The molecule has 0 aromatic heterocycles. The minimum atomic E-state index is -0.778. The molecule has 0 aliphatic carbocycles. The van der Waals surface area contributed by atoms with E-state index in [1.54, 1.807) is 0 Å². The quantitative estimate of drug-likeness (QED) is 0.0237. The van der Waals surface area contributed by atoms with E-state index in [2.05, 4.69) is 118 Å². The molecule has 2 atom stereocenters. The highest BCUT2D eigenvalue weighted by Gasteiger charge is 2.37. The fraction of sp³-hybridized carbons (Fsp3) is 0.713. The van der Waals surface area contributed by atoms with Crippen LogP contribution in [0.2, 0.25) is 0 Å². The summed E-state index contributed by atoms with van der Waals surface area (Å²) in [6.07, 6.45) is 58.0. The van der Waals surface area contributed by atoms with E-state index in [9.17, 15) is 4.79 Å². The summed E-state index contributed by atoms with van der Waals surface area (Å²) in [5, 5.41) is 0. The maximum atomic E-state index is 13.5. The standard InChI is InChI=1S/C80H132O9/c1-4-7-10-13-16-19-22-24-26-28-30-32-35-38-41-53-62-85-72-78(87-63-54-42-39-36-33-31-29-27-25-23-20-17-14-11-8-5-2)77(61-52-40-37-34-21-18-15-12-9-6-3)89-79(81)73-86-69-68-83-65-64-82-66-67-84-70-71-88-80(74-55-46-43-47-56-74,75-57-48-44-49-58-75)76-59-50-45-51-60-76/h24-27,43-51,55-60,77-78H,4-23,28-42,52-54,61-73H2,1-3H3/b26-24-,27-25-. The lowest BCUT2D eigenvalue weighted by Gasteiger charge is -2.36. The normalized spacial score (nSPS) is 12.7. The summed E-state index contributed by atoms with van der Waals surface area (Å²) < 4.78 is 49.6. The van der Waals surface area contributed by atoms with Gasteiger partial charge in [0.05, 0.1) is 59.5 Å². The second-order valence-corrected chi connectivity index (χ2v) is 24.9. The fourth-order valence-electron chi connectivity index (χ4n) is 11.7. The van der Waals surface area contributed by atoms with Crippen molar-refractivity contribution < 1.29 is 42.7 Å². The van der Waals surface area contributed by atoms with Gasteiger partial charge in [0.1, 0.15) is 24.4 Å². The predicted octanol–water partition coefficient (Wildman–Crippen LogP) is 21.8. The van der Waals surface area contributed by atoms with E-state index >= 15 is 0 Å². The Morgan fingerprint density at radius 2 is 0.663 bits per heavy atom. The minimum absolute atomic E-state index is 0.128. The summed E-state index contributed by atoms with van der Waals surface area (Å²) in [7, 11) is 0. The zero-order chi connectivity index (χ0) is 63.1. The van der Waals surface area contributed by atoms with E-state index in [1.807, 2.05) is 18.2 Å². The zero-order valence-electron chi connectivity index (χ0n) is 57.4. The topological polar surface area (TPSA) is 90.9 Å². The molecule has 3 aromatic rings. The summed E-state index contributed by atoms with van der Waals surface area (Å²) in [6.45, 7) is 11.7. The van der Waals surface area contributed by atoms with Crippen LogP contribution in [0.3, 0.4) is 0 Å². The molecule has 0 aliphatic rings. The molecule has 0 saturated heterocycles. The molecule has 0 N–H and O–H groups in total. The Morgan fingerprint density at radius 3 is 1.06 bits per heavy atom. The summed E-state index contributed by atoms with van der Waals surface area (Å²) in [5.74, 6) is -0.360. The lowest BCUT2D eigenvalue weighted by Crippen LogP contribution is -2.38. The Balaban J connectivity index is 1.41. The average molecular weight is 1240 g/mol. The summed E-state index contributed by atoms with van der Waals surface area (Å²) in [4.78, 5) is 13.5. The van der Waals surface area contributed by atoms with E-state index in [0.29, 0.717) is 66.1 Å². The highest BCUT2D eigenvalue weighted by Crippen LogP contribution is 2.40. The highest BCUT2D eigenvalue weighted by molar-refractivity contribution is 5.71. The number of unbranched alkanes of at least 4 members (excludes halogenated alkanes) is 33. The number of esters is 1. The zero-order valence-corrected chi connectivity index (χ0v) is 57.4. The van der Waals surface area contributed by atoms with Crippen LogP contribution in [0.4, 0.5) is 0 Å². The number of hydrogen-bond acceptors (Lipinski definition) is 9. The van der Waals surface area contributed by atoms with Crippen molar-refractivity contribution in [3.05, 3.63) is 132 Å². The van der Waals surface area contributed by atoms with Crippen LogP contribution in [0.5, 0.6) is 0 Å². The molecule has 506 valence electrons. The SMILES string of the molecule is CCCCCCCC/C=C\CCCCCCCCOCC(OCCCCCCCC/C=C\CCCCCCCC)C(CCCCCCCCCCCC)OC(=O)COCCOCCOCCOCCOC(c1ccccc1)(c1ccccc1)c1ccccc1. The molecule has 0 fully saturated rings. The molecule has 0 saturated carbocycles. The van der Waals surface area contributed by atoms with Gasteiger partial charge < -0.3 is 37.9 Å². The Hall–Kier alpha value is -3.67. The van der Waals surface area contributed by atoms with E-state index < -0.39 is 5.60 Å². The van der Waals surface area contributed by atoms with E-state index in [-0.39, 0.29) is 31.4 Å². The summed E-state index contributed by atoms with van der Waals surface area (Å²) >= 11 is 0. The molecule has 0 spiro atoms. The number of ether oxygens (including phenoxy) is 8.